The van der Waals surface area contributed by atoms with Gasteiger partial charge in [-0.05, 0) is 62.0 Å². The molecule has 11 heteroatoms. The van der Waals surface area contributed by atoms with E-state index in [0.717, 1.165) is 4.90 Å². The summed E-state index contributed by atoms with van der Waals surface area (Å²) in [5.74, 6) is -1.72. The van der Waals surface area contributed by atoms with Crippen LogP contribution in [0.25, 0.3) is 0 Å². The summed E-state index contributed by atoms with van der Waals surface area (Å²) in [6.07, 6.45) is 0. The zero-order valence-corrected chi connectivity index (χ0v) is 23.5. The van der Waals surface area contributed by atoms with Gasteiger partial charge in [-0.25, -0.2) is 4.39 Å². The zero-order valence-electron chi connectivity index (χ0n) is 22.7. The van der Waals surface area contributed by atoms with Gasteiger partial charge in [-0.3, -0.25) is 19.3 Å². The first-order chi connectivity index (χ1) is 18.5. The Morgan fingerprint density at radius 1 is 0.974 bits per heavy atom. The Morgan fingerprint density at radius 3 is 2.13 bits per heavy atom. The summed E-state index contributed by atoms with van der Waals surface area (Å²) in [5, 5.41) is 7.18. The van der Waals surface area contributed by atoms with Gasteiger partial charge in [-0.2, -0.15) is 0 Å². The summed E-state index contributed by atoms with van der Waals surface area (Å²) in [7, 11) is 4.28. The maximum absolute atomic E-state index is 15.2. The number of nitrogens with zero attached hydrogens (tertiary/aromatic N) is 1. The smallest absolute Gasteiger partial charge is 0.261 e. The molecule has 0 bridgehead atoms. The highest BCUT2D eigenvalue weighted by atomic mass is 32.1. The van der Waals surface area contributed by atoms with Crippen LogP contribution in [0.3, 0.4) is 0 Å². The number of methoxy groups -OCH3 is 3. The highest BCUT2D eigenvalue weighted by Gasteiger charge is 2.37. The average molecular weight is 558 g/mol. The molecule has 1 atom stereocenters. The van der Waals surface area contributed by atoms with Crippen molar-refractivity contribution in [1.82, 2.24) is 10.6 Å². The van der Waals surface area contributed by atoms with Crippen LogP contribution in [0, 0.1) is 5.82 Å². The van der Waals surface area contributed by atoms with Crippen molar-refractivity contribution in [3.63, 3.8) is 0 Å². The van der Waals surface area contributed by atoms with E-state index in [1.54, 1.807) is 44.4 Å². The second kappa shape index (κ2) is 12.6. The Bertz CT molecular complexity index is 1300. The van der Waals surface area contributed by atoms with Crippen molar-refractivity contribution < 1.29 is 33.0 Å². The lowest BCUT2D eigenvalue weighted by atomic mass is 9.99. The van der Waals surface area contributed by atoms with Crippen molar-refractivity contribution in [3.8, 4) is 17.2 Å². The van der Waals surface area contributed by atoms with Gasteiger partial charge in [0.15, 0.2) is 11.5 Å². The van der Waals surface area contributed by atoms with Crippen molar-refractivity contribution in [2.75, 3.05) is 32.8 Å². The van der Waals surface area contributed by atoms with E-state index in [1.165, 1.54) is 63.0 Å². The number of hydrogen-bond donors (Lipinski definition) is 2. The van der Waals surface area contributed by atoms with E-state index >= 15 is 4.39 Å². The lowest BCUT2D eigenvalue weighted by Gasteiger charge is -2.34. The van der Waals surface area contributed by atoms with Gasteiger partial charge in [0, 0.05) is 5.54 Å². The Balaban J connectivity index is 2.18. The van der Waals surface area contributed by atoms with E-state index in [-0.39, 0.29) is 28.5 Å². The molecule has 9 nitrogen and oxygen atoms in total. The molecule has 0 saturated heterocycles. The maximum atomic E-state index is 15.2. The van der Waals surface area contributed by atoms with Crippen LogP contribution in [0.15, 0.2) is 53.9 Å². The Morgan fingerprint density at radius 2 is 1.62 bits per heavy atom. The molecule has 3 amide bonds. The monoisotopic (exact) mass is 557 g/mol. The first kappa shape index (κ1) is 29.4. The molecule has 3 aromatic rings. The average Bonchev–Trinajstić information content (AvgIpc) is 3.44. The molecule has 0 unspecified atom stereocenters. The predicted molar refractivity (Wildman–Crippen MR) is 147 cm³/mol. The number of benzene rings is 2. The highest BCUT2D eigenvalue weighted by Crippen LogP contribution is 2.42. The topological polar surface area (TPSA) is 106 Å². The molecule has 39 heavy (non-hydrogen) atoms. The molecule has 1 heterocycles. The fraction of sp³-hybridized carbons (Fsp3) is 0.321. The van der Waals surface area contributed by atoms with Crippen LogP contribution < -0.4 is 29.7 Å². The van der Waals surface area contributed by atoms with Gasteiger partial charge in [0.1, 0.15) is 11.9 Å². The number of hydrogen-bond acceptors (Lipinski definition) is 7. The molecule has 2 N–H and O–H groups in total. The number of carbonyl (C=O) groups is 3. The van der Waals surface area contributed by atoms with Gasteiger partial charge >= 0.3 is 0 Å². The molecule has 1 aromatic heterocycles. The van der Waals surface area contributed by atoms with Crippen molar-refractivity contribution in [2.24, 2.45) is 0 Å². The molecule has 0 saturated carbocycles. The Kier molecular flexibility index (Phi) is 9.52. The maximum Gasteiger partial charge on any atom is 0.261 e. The number of anilines is 1. The Labute approximate surface area is 230 Å². The normalized spacial score (nSPS) is 11.8. The highest BCUT2D eigenvalue weighted by molar-refractivity contribution is 7.12. The van der Waals surface area contributed by atoms with Gasteiger partial charge in [-0.15, -0.1) is 11.3 Å². The number of amides is 3. The fourth-order valence-corrected chi connectivity index (χ4v) is 4.56. The van der Waals surface area contributed by atoms with Crippen LogP contribution in [0.1, 0.15) is 42.0 Å². The quantitative estimate of drug-likeness (QED) is 0.384. The van der Waals surface area contributed by atoms with E-state index in [9.17, 15) is 14.4 Å². The van der Waals surface area contributed by atoms with Crippen LogP contribution in [0.5, 0.6) is 17.2 Å². The predicted octanol–water partition coefficient (Wildman–Crippen LogP) is 4.33. The number of rotatable bonds is 10. The first-order valence-corrected chi connectivity index (χ1v) is 12.9. The van der Waals surface area contributed by atoms with Gasteiger partial charge in [0.2, 0.25) is 17.6 Å². The standard InChI is InChI=1S/C28H32FN3O6S/c1-28(2,3)31-27(35)24(17-14-20(36-4)25(38-6)21(15-17)37-5)32(19-11-8-7-10-18(19)29)23(33)16-30-26(34)22-12-9-13-39-22/h7-15,24H,16H2,1-6H3,(H,30,34)(H,31,35)/t24-/m0/s1. The molecule has 0 spiro atoms. The summed E-state index contributed by atoms with van der Waals surface area (Å²) >= 11 is 1.22. The lowest BCUT2D eigenvalue weighted by molar-refractivity contribution is -0.127. The van der Waals surface area contributed by atoms with E-state index in [1.807, 2.05) is 0 Å². The van der Waals surface area contributed by atoms with Crippen molar-refractivity contribution in [2.45, 2.75) is 32.4 Å². The largest absolute Gasteiger partial charge is 0.493 e. The van der Waals surface area contributed by atoms with Gasteiger partial charge in [-0.1, -0.05) is 18.2 Å². The van der Waals surface area contributed by atoms with Gasteiger partial charge < -0.3 is 24.8 Å². The van der Waals surface area contributed by atoms with Crippen LogP contribution in [0.2, 0.25) is 0 Å². The number of thiophene rings is 1. The van der Waals surface area contributed by atoms with Crippen molar-refractivity contribution in [1.29, 1.82) is 0 Å². The summed E-state index contributed by atoms with van der Waals surface area (Å²) in [5.41, 5.74) is -0.559. The molecule has 3 rings (SSSR count). The summed E-state index contributed by atoms with van der Waals surface area (Å²) < 4.78 is 31.6. The number of para-hydroxylation sites is 1. The van der Waals surface area contributed by atoms with E-state index in [2.05, 4.69) is 10.6 Å². The fourth-order valence-electron chi connectivity index (χ4n) is 3.92. The van der Waals surface area contributed by atoms with Crippen LogP contribution in [-0.2, 0) is 9.59 Å². The molecular formula is C28H32FN3O6S. The SMILES string of the molecule is COc1cc([C@@H](C(=O)NC(C)(C)C)N(C(=O)CNC(=O)c2cccs2)c2ccccc2F)cc(OC)c1OC. The third kappa shape index (κ3) is 7.05. The third-order valence-corrected chi connectivity index (χ3v) is 6.40. The minimum Gasteiger partial charge on any atom is -0.493 e. The molecule has 0 fully saturated rings. The minimum atomic E-state index is -1.37. The molecule has 208 valence electrons. The number of ether oxygens (including phenoxy) is 3. The van der Waals surface area contributed by atoms with Crippen LogP contribution >= 0.6 is 11.3 Å². The molecule has 0 aliphatic rings. The second-order valence-electron chi connectivity index (χ2n) is 9.48. The molecule has 2 aromatic carbocycles. The van der Waals surface area contributed by atoms with Gasteiger partial charge in [0.25, 0.3) is 5.91 Å². The van der Waals surface area contributed by atoms with E-state index < -0.39 is 41.7 Å². The molecular weight excluding hydrogens is 525 g/mol. The van der Waals surface area contributed by atoms with E-state index in [4.69, 9.17) is 14.2 Å². The molecule has 0 aliphatic heterocycles. The van der Waals surface area contributed by atoms with Crippen LogP contribution in [0.4, 0.5) is 10.1 Å². The Hall–Kier alpha value is -4.12. The van der Waals surface area contributed by atoms with Crippen molar-refractivity contribution in [3.05, 3.63) is 70.2 Å². The van der Waals surface area contributed by atoms with Crippen molar-refractivity contribution >= 4 is 34.7 Å². The lowest BCUT2D eigenvalue weighted by Crippen LogP contribution is -2.51. The van der Waals surface area contributed by atoms with Crippen LogP contribution in [-0.4, -0.2) is 51.1 Å². The third-order valence-electron chi connectivity index (χ3n) is 5.53. The summed E-state index contributed by atoms with van der Waals surface area (Å²) in [6, 6.07) is 10.6. The molecule has 0 radical (unpaired) electrons. The summed E-state index contributed by atoms with van der Waals surface area (Å²) in [4.78, 5) is 41.6. The summed E-state index contributed by atoms with van der Waals surface area (Å²) in [6.45, 7) is 4.86. The van der Waals surface area contributed by atoms with E-state index in [0.29, 0.717) is 4.88 Å². The first-order valence-electron chi connectivity index (χ1n) is 12.0. The van der Waals surface area contributed by atoms with Gasteiger partial charge in [0.05, 0.1) is 38.4 Å². The zero-order chi connectivity index (χ0) is 28.7. The number of carbonyl (C=O) groups excluding carboxylic acids is 3. The number of nitrogens with one attached hydrogen (secondary N) is 2. The number of halogens is 1. The second-order valence-corrected chi connectivity index (χ2v) is 10.4. The molecule has 0 aliphatic carbocycles. The minimum absolute atomic E-state index is 0.143.